The molecule has 0 aliphatic heterocycles. The summed E-state index contributed by atoms with van der Waals surface area (Å²) in [6.45, 7) is 6.31. The van der Waals surface area contributed by atoms with Crippen molar-refractivity contribution in [3.8, 4) is 0 Å². The highest BCUT2D eigenvalue weighted by molar-refractivity contribution is 7.14. The Kier molecular flexibility index (Phi) is 3.87. The molecular weight excluding hydrogens is 304 g/mol. The van der Waals surface area contributed by atoms with Gasteiger partial charge in [0.2, 0.25) is 0 Å². The molecular formula is C15H17ClN4S. The maximum Gasteiger partial charge on any atom is 0.158 e. The molecule has 1 atom stereocenters. The minimum absolute atomic E-state index is 0.188. The van der Waals surface area contributed by atoms with Crippen LogP contribution in [0.3, 0.4) is 0 Å². The number of anilines is 1. The highest BCUT2D eigenvalue weighted by Gasteiger charge is 2.11. The maximum atomic E-state index is 5.99. The van der Waals surface area contributed by atoms with E-state index in [0.717, 1.165) is 21.1 Å². The van der Waals surface area contributed by atoms with Crippen LogP contribution in [-0.4, -0.2) is 14.8 Å². The van der Waals surface area contributed by atoms with Gasteiger partial charge in [-0.3, -0.25) is 0 Å². The zero-order chi connectivity index (χ0) is 15.0. The fraction of sp³-hybridized carbons (Fsp3) is 0.333. The standard InChI is InChI=1S/C15H17ClN4S/c1-9(2)20-15-11(6-18-20)4-13(7-17-15)19-10(3)12-5-14(16)21-8-12/h4-10,19H,1-3H3. The Morgan fingerprint density at radius 2 is 2.05 bits per heavy atom. The highest BCUT2D eigenvalue weighted by Crippen LogP contribution is 2.28. The van der Waals surface area contributed by atoms with E-state index in [2.05, 4.69) is 47.6 Å². The van der Waals surface area contributed by atoms with Gasteiger partial charge in [0.05, 0.1) is 22.4 Å². The summed E-state index contributed by atoms with van der Waals surface area (Å²) >= 11 is 7.53. The van der Waals surface area contributed by atoms with Crippen LogP contribution in [0, 0.1) is 0 Å². The van der Waals surface area contributed by atoms with Gasteiger partial charge in [0, 0.05) is 17.5 Å². The van der Waals surface area contributed by atoms with Crippen LogP contribution < -0.4 is 5.32 Å². The lowest BCUT2D eigenvalue weighted by molar-refractivity contribution is 0.546. The molecule has 0 aliphatic rings. The van der Waals surface area contributed by atoms with Crippen LogP contribution in [0.15, 0.2) is 29.9 Å². The van der Waals surface area contributed by atoms with Crippen molar-refractivity contribution in [2.75, 3.05) is 5.32 Å². The Hall–Kier alpha value is -1.59. The van der Waals surface area contributed by atoms with Crippen LogP contribution in [0.2, 0.25) is 4.34 Å². The van der Waals surface area contributed by atoms with Crippen LogP contribution in [-0.2, 0) is 0 Å². The average molecular weight is 321 g/mol. The monoisotopic (exact) mass is 320 g/mol. The van der Waals surface area contributed by atoms with Crippen LogP contribution in [0.1, 0.15) is 38.4 Å². The quantitative estimate of drug-likeness (QED) is 0.743. The summed E-state index contributed by atoms with van der Waals surface area (Å²) < 4.78 is 2.74. The van der Waals surface area contributed by atoms with Crippen LogP contribution >= 0.6 is 22.9 Å². The molecule has 110 valence electrons. The molecule has 21 heavy (non-hydrogen) atoms. The summed E-state index contributed by atoms with van der Waals surface area (Å²) in [4.78, 5) is 4.53. The first-order valence-corrected chi connectivity index (χ1v) is 8.14. The molecule has 4 nitrogen and oxygen atoms in total. The molecule has 1 unspecified atom stereocenters. The van der Waals surface area contributed by atoms with Crippen LogP contribution in [0.4, 0.5) is 5.69 Å². The lowest BCUT2D eigenvalue weighted by atomic mass is 10.2. The summed E-state index contributed by atoms with van der Waals surface area (Å²) in [5.74, 6) is 0. The van der Waals surface area contributed by atoms with Crippen molar-refractivity contribution in [1.82, 2.24) is 14.8 Å². The number of hydrogen-bond acceptors (Lipinski definition) is 4. The van der Waals surface area contributed by atoms with Crippen molar-refractivity contribution in [2.24, 2.45) is 0 Å². The van der Waals surface area contributed by atoms with E-state index in [9.17, 15) is 0 Å². The van der Waals surface area contributed by atoms with E-state index in [4.69, 9.17) is 11.6 Å². The molecule has 0 saturated carbocycles. The number of rotatable bonds is 4. The second kappa shape index (κ2) is 5.66. The molecule has 3 rings (SSSR count). The number of hydrogen-bond donors (Lipinski definition) is 1. The van der Waals surface area contributed by atoms with Crippen molar-refractivity contribution in [3.63, 3.8) is 0 Å². The van der Waals surface area contributed by atoms with Gasteiger partial charge in [-0.1, -0.05) is 11.6 Å². The van der Waals surface area contributed by atoms with Gasteiger partial charge >= 0.3 is 0 Å². The SMILES string of the molecule is CC(Nc1cnc2c(cnn2C(C)C)c1)c1csc(Cl)c1. The average Bonchev–Trinajstić information content (AvgIpc) is 3.04. The van der Waals surface area contributed by atoms with E-state index < -0.39 is 0 Å². The summed E-state index contributed by atoms with van der Waals surface area (Å²) in [5, 5.41) is 11.0. The van der Waals surface area contributed by atoms with Gasteiger partial charge in [0.15, 0.2) is 5.65 Å². The van der Waals surface area contributed by atoms with Gasteiger partial charge in [-0.05, 0) is 43.8 Å². The van der Waals surface area contributed by atoms with Gasteiger partial charge < -0.3 is 5.32 Å². The van der Waals surface area contributed by atoms with Gasteiger partial charge in [-0.2, -0.15) is 5.10 Å². The summed E-state index contributed by atoms with van der Waals surface area (Å²) in [6.07, 6.45) is 3.72. The number of fused-ring (bicyclic) bond motifs is 1. The Morgan fingerprint density at radius 1 is 1.24 bits per heavy atom. The number of thiophene rings is 1. The zero-order valence-electron chi connectivity index (χ0n) is 12.2. The maximum absolute atomic E-state index is 5.99. The van der Waals surface area contributed by atoms with Gasteiger partial charge in [0.25, 0.3) is 0 Å². The minimum Gasteiger partial charge on any atom is -0.377 e. The van der Waals surface area contributed by atoms with Crippen molar-refractivity contribution < 1.29 is 0 Å². The van der Waals surface area contributed by atoms with E-state index in [1.54, 1.807) is 11.3 Å². The Bertz CT molecular complexity index is 762. The first-order chi connectivity index (χ1) is 10.0. The predicted octanol–water partition coefficient (Wildman–Crippen LogP) is 4.90. The summed E-state index contributed by atoms with van der Waals surface area (Å²) in [6, 6.07) is 4.57. The summed E-state index contributed by atoms with van der Waals surface area (Å²) in [5.41, 5.74) is 3.09. The Labute approximate surface area is 132 Å². The van der Waals surface area contributed by atoms with Crippen LogP contribution in [0.5, 0.6) is 0 Å². The predicted molar refractivity (Wildman–Crippen MR) is 89.3 cm³/mol. The number of aromatic nitrogens is 3. The molecule has 0 fully saturated rings. The first-order valence-electron chi connectivity index (χ1n) is 6.88. The lowest BCUT2D eigenvalue weighted by Gasteiger charge is -2.14. The molecule has 0 bridgehead atoms. The first kappa shape index (κ1) is 14.4. The lowest BCUT2D eigenvalue weighted by Crippen LogP contribution is -2.06. The van der Waals surface area contributed by atoms with Gasteiger partial charge in [-0.25, -0.2) is 9.67 Å². The third kappa shape index (κ3) is 2.89. The zero-order valence-corrected chi connectivity index (χ0v) is 13.7. The van der Waals surface area contributed by atoms with Crippen molar-refractivity contribution >= 4 is 39.7 Å². The molecule has 0 aromatic carbocycles. The minimum atomic E-state index is 0.188. The third-order valence-electron chi connectivity index (χ3n) is 3.39. The van der Waals surface area contributed by atoms with E-state index in [1.165, 1.54) is 5.56 Å². The topological polar surface area (TPSA) is 42.7 Å². The fourth-order valence-electron chi connectivity index (χ4n) is 2.28. The smallest absolute Gasteiger partial charge is 0.158 e. The normalized spacial score (nSPS) is 13.0. The molecule has 3 aromatic rings. The van der Waals surface area contributed by atoms with E-state index in [0.29, 0.717) is 6.04 Å². The third-order valence-corrected chi connectivity index (χ3v) is 4.50. The molecule has 0 saturated heterocycles. The Morgan fingerprint density at radius 3 is 2.71 bits per heavy atom. The van der Waals surface area contributed by atoms with E-state index in [1.807, 2.05) is 23.1 Å². The fourth-order valence-corrected chi connectivity index (χ4v) is 3.27. The number of halogens is 1. The second-order valence-electron chi connectivity index (χ2n) is 5.37. The molecule has 3 heterocycles. The number of nitrogens with zero attached hydrogens (tertiary/aromatic N) is 3. The molecule has 6 heteroatoms. The molecule has 0 amide bonds. The molecule has 0 spiro atoms. The molecule has 0 radical (unpaired) electrons. The van der Waals surface area contributed by atoms with E-state index >= 15 is 0 Å². The second-order valence-corrected chi connectivity index (χ2v) is 6.91. The highest BCUT2D eigenvalue weighted by atomic mass is 35.5. The van der Waals surface area contributed by atoms with Crippen LogP contribution in [0.25, 0.3) is 11.0 Å². The number of pyridine rings is 1. The molecule has 3 aromatic heterocycles. The van der Waals surface area contributed by atoms with Crippen molar-refractivity contribution in [3.05, 3.63) is 39.8 Å². The Balaban J connectivity index is 1.84. The summed E-state index contributed by atoms with van der Waals surface area (Å²) in [7, 11) is 0. The largest absolute Gasteiger partial charge is 0.377 e. The number of nitrogens with one attached hydrogen (secondary N) is 1. The molecule has 0 aliphatic carbocycles. The van der Waals surface area contributed by atoms with Crippen molar-refractivity contribution in [2.45, 2.75) is 32.9 Å². The van der Waals surface area contributed by atoms with Crippen molar-refractivity contribution in [1.29, 1.82) is 0 Å². The van der Waals surface area contributed by atoms with Gasteiger partial charge in [0.1, 0.15) is 0 Å². The molecule has 1 N–H and O–H groups in total. The van der Waals surface area contributed by atoms with Gasteiger partial charge in [-0.15, -0.1) is 11.3 Å². The van der Waals surface area contributed by atoms with E-state index in [-0.39, 0.29) is 6.04 Å².